The van der Waals surface area contributed by atoms with E-state index < -0.39 is 0 Å². The zero-order valence-electron chi connectivity index (χ0n) is 45.3. The second-order valence-corrected chi connectivity index (χ2v) is 17.7. The molecule has 0 saturated heterocycles. The maximum Gasteiger partial charge on any atom is 0.0715 e. The molecule has 0 amide bonds. The first kappa shape index (κ1) is 60.0. The van der Waals surface area contributed by atoms with Crippen molar-refractivity contribution in [1.29, 1.82) is 0 Å². The van der Waals surface area contributed by atoms with Crippen LogP contribution in [0.3, 0.4) is 0 Å². The maximum absolute atomic E-state index is 6.39. The second kappa shape index (κ2) is 34.1. The normalized spacial score (nSPS) is 11.8. The highest BCUT2D eigenvalue weighted by Gasteiger charge is 2.13. The first-order valence-electron chi connectivity index (χ1n) is 25.5. The molecule has 380 valence electrons. The number of rotatable bonds is 14. The Morgan fingerprint density at radius 1 is 0.622 bits per heavy atom. The van der Waals surface area contributed by atoms with Crippen LogP contribution in [0.25, 0.3) is 29.4 Å². The Hall–Kier alpha value is -8.31. The van der Waals surface area contributed by atoms with E-state index in [2.05, 4.69) is 185 Å². The van der Waals surface area contributed by atoms with Crippen LogP contribution in [0.15, 0.2) is 267 Å². The Morgan fingerprint density at radius 3 is 1.81 bits per heavy atom. The van der Waals surface area contributed by atoms with Gasteiger partial charge in [-0.05, 0) is 119 Å². The molecule has 0 saturated carbocycles. The average molecular weight is 977 g/mol. The number of nitrogens with one attached hydrogen (secondary N) is 1. The minimum atomic E-state index is 0.227. The van der Waals surface area contributed by atoms with Crippen LogP contribution in [0.1, 0.15) is 83.2 Å². The van der Waals surface area contributed by atoms with E-state index in [0.29, 0.717) is 13.0 Å². The first-order valence-corrected chi connectivity index (χ1v) is 25.5. The molecule has 0 aliphatic heterocycles. The Labute approximate surface area is 445 Å². The number of allylic oxidation sites excluding steroid dienone is 12. The van der Waals surface area contributed by atoms with Crippen LogP contribution in [0.5, 0.6) is 0 Å². The molecule has 5 N–H and O–H groups in total. The molecule has 74 heavy (non-hydrogen) atoms. The molecule has 0 aromatic heterocycles. The lowest BCUT2D eigenvalue weighted by Crippen LogP contribution is -2.21. The summed E-state index contributed by atoms with van der Waals surface area (Å²) in [6.45, 7) is 28.2. The first-order chi connectivity index (χ1) is 35.9. The molecule has 4 heteroatoms. The lowest BCUT2D eigenvalue weighted by atomic mass is 9.86. The fourth-order valence-electron chi connectivity index (χ4n) is 7.18. The van der Waals surface area contributed by atoms with E-state index in [1.165, 1.54) is 11.1 Å². The van der Waals surface area contributed by atoms with E-state index in [1.54, 1.807) is 12.2 Å². The molecule has 0 heterocycles. The summed E-state index contributed by atoms with van der Waals surface area (Å²) in [5.41, 5.74) is 26.0. The van der Waals surface area contributed by atoms with E-state index in [9.17, 15) is 0 Å². The number of benzene rings is 7. The van der Waals surface area contributed by atoms with Gasteiger partial charge < -0.3 is 16.8 Å². The van der Waals surface area contributed by atoms with Crippen LogP contribution in [-0.4, -0.2) is 5.71 Å². The summed E-state index contributed by atoms with van der Waals surface area (Å²) >= 11 is 0. The summed E-state index contributed by atoms with van der Waals surface area (Å²) in [5.74, 6) is 0. The van der Waals surface area contributed by atoms with Crippen LogP contribution in [-0.2, 0) is 18.4 Å². The standard InChI is InChI=1S/C47H41N3.C11H17N.2C5H8.C2H6/c1-3-15-39(40-20-14-21-41(33-40)45-24-12-13-25-46(45)49-43-22-8-5-9-23-43)34-47(38-18-6-4-7-19-38)50-44-30-26-36(27-31-44)32-42(48)29-28-37-17-11-10-16-35(37)2;1-11(2,3)10-6-4-5-9(7-10)8-12;2*1-3-5-4-2;1-2/h3-31,33-34,49H,2,32,48H2,1H3;4-7H,8,12H2,1-3H3;2*3-5H,1H2,2H3;1-2H3/b15-3-,37-28-,39-34+,42-29-,50-47?;;2*5-4-;. The molecule has 7 rings (SSSR count). The molecule has 0 aliphatic carbocycles. The fourth-order valence-corrected chi connectivity index (χ4v) is 7.18. The Kier molecular flexibility index (Phi) is 27.7. The van der Waals surface area contributed by atoms with Crippen molar-refractivity contribution in [3.05, 3.63) is 300 Å². The van der Waals surface area contributed by atoms with Gasteiger partial charge in [0.25, 0.3) is 0 Å². The molecule has 0 spiro atoms. The van der Waals surface area contributed by atoms with Gasteiger partial charge in [0.1, 0.15) is 0 Å². The Balaban J connectivity index is 0.000000497. The van der Waals surface area contributed by atoms with Crippen molar-refractivity contribution in [3.63, 3.8) is 0 Å². The quantitative estimate of drug-likeness (QED) is 0.0751. The van der Waals surface area contributed by atoms with Crippen LogP contribution >= 0.6 is 0 Å². The number of hydrogen-bond donors (Lipinski definition) is 3. The van der Waals surface area contributed by atoms with Gasteiger partial charge in [0.05, 0.1) is 11.4 Å². The van der Waals surface area contributed by atoms with Gasteiger partial charge in [-0.3, -0.25) is 0 Å². The van der Waals surface area contributed by atoms with Gasteiger partial charge in [-0.1, -0.05) is 255 Å². The highest BCUT2D eigenvalue weighted by Crippen LogP contribution is 2.33. The number of anilines is 2. The fraction of sp³-hybridized carbons (Fsp3) is 0.157. The van der Waals surface area contributed by atoms with Gasteiger partial charge in [0.2, 0.25) is 0 Å². The van der Waals surface area contributed by atoms with Gasteiger partial charge in [-0.25, -0.2) is 4.99 Å². The number of hydrogen-bond acceptors (Lipinski definition) is 4. The van der Waals surface area contributed by atoms with Crippen molar-refractivity contribution in [1.82, 2.24) is 0 Å². The molecule has 0 fully saturated rings. The zero-order valence-corrected chi connectivity index (χ0v) is 45.3. The van der Waals surface area contributed by atoms with Gasteiger partial charge in [0, 0.05) is 41.2 Å². The van der Waals surface area contributed by atoms with Crippen LogP contribution < -0.4 is 27.2 Å². The molecular weight excluding hydrogens is 897 g/mol. The average Bonchev–Trinajstić information content (AvgIpc) is 3.43. The van der Waals surface area contributed by atoms with Crippen molar-refractivity contribution in [2.24, 2.45) is 16.5 Å². The van der Waals surface area contributed by atoms with Crippen LogP contribution in [0.2, 0.25) is 0 Å². The minimum absolute atomic E-state index is 0.227. The third-order valence-electron chi connectivity index (χ3n) is 11.0. The van der Waals surface area contributed by atoms with Gasteiger partial charge in [-0.2, -0.15) is 0 Å². The largest absolute Gasteiger partial charge is 0.402 e. The second-order valence-electron chi connectivity index (χ2n) is 17.7. The third-order valence-corrected chi connectivity index (χ3v) is 11.0. The Bertz CT molecular complexity index is 3030. The highest BCUT2D eigenvalue weighted by atomic mass is 14.9. The topological polar surface area (TPSA) is 76.4 Å². The van der Waals surface area contributed by atoms with E-state index in [-0.39, 0.29) is 5.41 Å². The predicted molar refractivity (Wildman–Crippen MR) is 330 cm³/mol. The minimum Gasteiger partial charge on any atom is -0.402 e. The van der Waals surface area contributed by atoms with E-state index >= 15 is 0 Å². The van der Waals surface area contributed by atoms with Gasteiger partial charge in [-0.15, -0.1) is 0 Å². The number of nitrogens with two attached hydrogens (primary N) is 2. The summed E-state index contributed by atoms with van der Waals surface area (Å²) < 4.78 is 0. The van der Waals surface area contributed by atoms with E-state index in [1.807, 2.05) is 132 Å². The van der Waals surface area contributed by atoms with E-state index in [0.717, 1.165) is 72.3 Å². The van der Waals surface area contributed by atoms with Crippen molar-refractivity contribution < 1.29 is 0 Å². The zero-order chi connectivity index (χ0) is 54.0. The van der Waals surface area contributed by atoms with Crippen molar-refractivity contribution in [3.8, 4) is 11.1 Å². The Morgan fingerprint density at radius 2 is 1.22 bits per heavy atom. The number of aliphatic imine (C=N–C) groups is 1. The molecule has 0 unspecified atom stereocenters. The molecular formula is C70H80N4. The molecule has 0 radical (unpaired) electrons. The molecule has 0 bridgehead atoms. The molecule has 0 aliphatic rings. The summed E-state index contributed by atoms with van der Waals surface area (Å²) in [6, 6.07) is 62.5. The summed E-state index contributed by atoms with van der Waals surface area (Å²) in [7, 11) is 0. The number of nitrogens with zero attached hydrogens (tertiary/aromatic N) is 1. The summed E-state index contributed by atoms with van der Waals surface area (Å²) in [6.07, 6.45) is 22.2. The predicted octanol–water partition coefficient (Wildman–Crippen LogP) is 17.1. The summed E-state index contributed by atoms with van der Waals surface area (Å²) in [5, 5.41) is 5.64. The smallest absolute Gasteiger partial charge is 0.0715 e. The molecule has 7 aromatic rings. The van der Waals surface area contributed by atoms with Gasteiger partial charge in [0.15, 0.2) is 0 Å². The van der Waals surface area contributed by atoms with Crippen LogP contribution in [0.4, 0.5) is 17.1 Å². The number of para-hydroxylation sites is 2. The van der Waals surface area contributed by atoms with Crippen molar-refractivity contribution in [2.45, 2.75) is 73.8 Å². The van der Waals surface area contributed by atoms with E-state index in [4.69, 9.17) is 16.5 Å². The van der Waals surface area contributed by atoms with Crippen molar-refractivity contribution in [2.75, 3.05) is 5.32 Å². The monoisotopic (exact) mass is 977 g/mol. The highest BCUT2D eigenvalue weighted by molar-refractivity contribution is 6.14. The molecule has 4 nitrogen and oxygen atoms in total. The SMILES string of the molecule is C=C/C=C\C.C=C/C=C\C.C=c1cccc/c1=C/C=C(\N)Cc1ccc(N=C(/C=C(\C=C/C)c2cccc(-c3ccccc3Nc3ccccc3)c2)c2ccccc2)cc1.CC.CC(C)(C)c1cccc(CN)c1. The lowest BCUT2D eigenvalue weighted by molar-refractivity contribution is 0.589. The van der Waals surface area contributed by atoms with Crippen molar-refractivity contribution >= 4 is 41.0 Å². The summed E-state index contributed by atoms with van der Waals surface area (Å²) in [4.78, 5) is 5.16. The lowest BCUT2D eigenvalue weighted by Gasteiger charge is -2.19. The van der Waals surface area contributed by atoms with Gasteiger partial charge >= 0.3 is 0 Å². The molecule has 0 atom stereocenters. The van der Waals surface area contributed by atoms with Crippen LogP contribution in [0, 0.1) is 0 Å². The maximum atomic E-state index is 6.39. The molecule has 7 aromatic carbocycles. The third kappa shape index (κ3) is 21.6.